The summed E-state index contributed by atoms with van der Waals surface area (Å²) in [5.41, 5.74) is 5.50. The molecule has 1 unspecified atom stereocenters. The molecule has 1 aliphatic rings. The van der Waals surface area contributed by atoms with Gasteiger partial charge in [-0.05, 0) is 38.9 Å². The molecule has 53 valence electrons. The van der Waals surface area contributed by atoms with E-state index in [4.69, 9.17) is 5.73 Å². The summed E-state index contributed by atoms with van der Waals surface area (Å²) in [6, 6.07) is 0. The third-order valence-corrected chi connectivity index (χ3v) is 2.02. The van der Waals surface area contributed by atoms with Crippen molar-refractivity contribution in [3.63, 3.8) is 0 Å². The van der Waals surface area contributed by atoms with Gasteiger partial charge in [0.05, 0.1) is 0 Å². The molecule has 1 saturated heterocycles. The van der Waals surface area contributed by atoms with Gasteiger partial charge in [-0.3, -0.25) is 0 Å². The van der Waals surface area contributed by atoms with Crippen LogP contribution in [0, 0.1) is 12.8 Å². The molecule has 9 heavy (non-hydrogen) atoms. The quantitative estimate of drug-likeness (QED) is 0.570. The van der Waals surface area contributed by atoms with Crippen LogP contribution in [0.25, 0.3) is 0 Å². The van der Waals surface area contributed by atoms with Gasteiger partial charge in [-0.1, -0.05) is 0 Å². The molecular weight excluding hydrogens is 112 g/mol. The van der Waals surface area contributed by atoms with Crippen molar-refractivity contribution >= 4 is 0 Å². The molecule has 1 heterocycles. The molecule has 0 bridgehead atoms. The summed E-state index contributed by atoms with van der Waals surface area (Å²) in [7, 11) is 0. The Morgan fingerprint density at radius 3 is 2.78 bits per heavy atom. The van der Waals surface area contributed by atoms with Gasteiger partial charge >= 0.3 is 0 Å². The Labute approximate surface area is 57.0 Å². The van der Waals surface area contributed by atoms with Crippen LogP contribution in [0.5, 0.6) is 0 Å². The molecule has 0 amide bonds. The second kappa shape index (κ2) is 3.18. The van der Waals surface area contributed by atoms with Gasteiger partial charge in [-0.25, -0.2) is 0 Å². The maximum Gasteiger partial charge on any atom is 0.00222 e. The Bertz CT molecular complexity index is 73.0. The van der Waals surface area contributed by atoms with Gasteiger partial charge in [0.2, 0.25) is 0 Å². The molecule has 0 aliphatic carbocycles. The molecular formula is C7H15N2. The first-order valence-corrected chi connectivity index (χ1v) is 3.58. The minimum Gasteiger partial charge on any atom is -0.330 e. The largest absolute Gasteiger partial charge is 0.330 e. The Balaban J connectivity index is 2.20. The van der Waals surface area contributed by atoms with Crippen LogP contribution in [0.4, 0.5) is 0 Å². The van der Waals surface area contributed by atoms with Crippen LogP contribution in [0.2, 0.25) is 0 Å². The molecule has 1 fully saturated rings. The number of likely N-dealkylation sites (tertiary alicyclic amines) is 1. The molecule has 1 rings (SSSR count). The highest BCUT2D eigenvalue weighted by Crippen LogP contribution is 2.13. The van der Waals surface area contributed by atoms with Gasteiger partial charge in [0, 0.05) is 6.54 Å². The van der Waals surface area contributed by atoms with Crippen LogP contribution in [0.15, 0.2) is 0 Å². The van der Waals surface area contributed by atoms with Crippen molar-refractivity contribution in [1.82, 2.24) is 4.90 Å². The maximum atomic E-state index is 5.50. The van der Waals surface area contributed by atoms with Crippen LogP contribution in [-0.4, -0.2) is 31.1 Å². The first-order valence-electron chi connectivity index (χ1n) is 3.58. The molecule has 2 heteroatoms. The zero-order valence-electron chi connectivity index (χ0n) is 5.84. The monoisotopic (exact) mass is 127 g/mol. The van der Waals surface area contributed by atoms with Gasteiger partial charge in [0.1, 0.15) is 0 Å². The van der Waals surface area contributed by atoms with Crippen molar-refractivity contribution in [2.45, 2.75) is 6.42 Å². The second-order valence-corrected chi connectivity index (χ2v) is 2.69. The van der Waals surface area contributed by atoms with E-state index in [0.717, 1.165) is 19.0 Å². The average Bonchev–Trinajstić information content (AvgIpc) is 2.34. The van der Waals surface area contributed by atoms with E-state index >= 15 is 0 Å². The Hall–Kier alpha value is -0.0800. The number of hydrogen-bond acceptors (Lipinski definition) is 2. The SMILES string of the molecule is [CH2]CN1CCC(CN)C1. The van der Waals surface area contributed by atoms with Crippen molar-refractivity contribution in [2.24, 2.45) is 11.7 Å². The smallest absolute Gasteiger partial charge is 0.00222 e. The predicted molar refractivity (Wildman–Crippen MR) is 39.0 cm³/mol. The Morgan fingerprint density at radius 2 is 2.44 bits per heavy atom. The average molecular weight is 127 g/mol. The van der Waals surface area contributed by atoms with Crippen LogP contribution < -0.4 is 5.73 Å². The first kappa shape index (κ1) is 7.03. The van der Waals surface area contributed by atoms with E-state index < -0.39 is 0 Å². The predicted octanol–water partition coefficient (Wildman–Crippen LogP) is 0.101. The number of hydrogen-bond donors (Lipinski definition) is 1. The zero-order chi connectivity index (χ0) is 6.69. The van der Waals surface area contributed by atoms with Crippen molar-refractivity contribution in [3.05, 3.63) is 6.92 Å². The third kappa shape index (κ3) is 1.66. The fourth-order valence-electron chi connectivity index (χ4n) is 1.31. The van der Waals surface area contributed by atoms with E-state index in [1.54, 1.807) is 0 Å². The number of nitrogens with zero attached hydrogens (tertiary/aromatic N) is 1. The van der Waals surface area contributed by atoms with E-state index in [-0.39, 0.29) is 0 Å². The number of rotatable bonds is 2. The molecule has 0 saturated carbocycles. The summed E-state index contributed by atoms with van der Waals surface area (Å²) in [5, 5.41) is 0. The fourth-order valence-corrected chi connectivity index (χ4v) is 1.31. The summed E-state index contributed by atoms with van der Waals surface area (Å²) < 4.78 is 0. The van der Waals surface area contributed by atoms with Gasteiger partial charge in [-0.2, -0.15) is 0 Å². The van der Waals surface area contributed by atoms with E-state index in [9.17, 15) is 0 Å². The second-order valence-electron chi connectivity index (χ2n) is 2.69. The molecule has 1 atom stereocenters. The Morgan fingerprint density at radius 1 is 1.67 bits per heavy atom. The number of nitrogens with two attached hydrogens (primary N) is 1. The highest BCUT2D eigenvalue weighted by molar-refractivity contribution is 4.75. The van der Waals surface area contributed by atoms with Crippen LogP contribution in [-0.2, 0) is 0 Å². The van der Waals surface area contributed by atoms with Crippen LogP contribution in [0.3, 0.4) is 0 Å². The van der Waals surface area contributed by atoms with Gasteiger partial charge < -0.3 is 10.6 Å². The van der Waals surface area contributed by atoms with Gasteiger partial charge in [0.15, 0.2) is 0 Å². The molecule has 1 radical (unpaired) electrons. The summed E-state index contributed by atoms with van der Waals surface area (Å²) in [6.45, 7) is 7.97. The van der Waals surface area contributed by atoms with Gasteiger partial charge in [-0.15, -0.1) is 0 Å². The van der Waals surface area contributed by atoms with Crippen molar-refractivity contribution < 1.29 is 0 Å². The normalized spacial score (nSPS) is 29.3. The van der Waals surface area contributed by atoms with Crippen molar-refractivity contribution in [2.75, 3.05) is 26.2 Å². The Kier molecular flexibility index (Phi) is 2.49. The summed E-state index contributed by atoms with van der Waals surface area (Å²) >= 11 is 0. The highest BCUT2D eigenvalue weighted by Gasteiger charge is 2.18. The van der Waals surface area contributed by atoms with Crippen molar-refractivity contribution in [3.8, 4) is 0 Å². The molecule has 0 spiro atoms. The molecule has 1 aliphatic heterocycles. The first-order chi connectivity index (χ1) is 4.36. The topological polar surface area (TPSA) is 29.3 Å². The van der Waals surface area contributed by atoms with E-state index in [1.807, 2.05) is 0 Å². The van der Waals surface area contributed by atoms with Gasteiger partial charge in [0.25, 0.3) is 0 Å². The lowest BCUT2D eigenvalue weighted by molar-refractivity contribution is 0.359. The van der Waals surface area contributed by atoms with Crippen LogP contribution in [0.1, 0.15) is 6.42 Å². The molecule has 0 aromatic carbocycles. The fraction of sp³-hybridized carbons (Fsp3) is 0.857. The zero-order valence-corrected chi connectivity index (χ0v) is 5.84. The maximum absolute atomic E-state index is 5.50. The molecule has 2 nitrogen and oxygen atoms in total. The van der Waals surface area contributed by atoms with E-state index in [2.05, 4.69) is 11.8 Å². The highest BCUT2D eigenvalue weighted by atomic mass is 15.1. The van der Waals surface area contributed by atoms with Crippen LogP contribution >= 0.6 is 0 Å². The lowest BCUT2D eigenvalue weighted by Crippen LogP contribution is -2.22. The molecule has 2 N–H and O–H groups in total. The standard InChI is InChI=1S/C7H15N2/c1-2-9-4-3-7(5-8)6-9/h7H,1-6,8H2. The summed E-state index contributed by atoms with van der Waals surface area (Å²) in [5.74, 6) is 0.742. The van der Waals surface area contributed by atoms with Crippen molar-refractivity contribution in [1.29, 1.82) is 0 Å². The van der Waals surface area contributed by atoms with E-state index in [0.29, 0.717) is 0 Å². The minimum absolute atomic E-state index is 0.742. The molecule has 0 aromatic rings. The lowest BCUT2D eigenvalue weighted by atomic mass is 10.1. The summed E-state index contributed by atoms with van der Waals surface area (Å²) in [6.07, 6.45) is 1.27. The summed E-state index contributed by atoms with van der Waals surface area (Å²) in [4.78, 5) is 2.34. The third-order valence-electron chi connectivity index (χ3n) is 2.02. The minimum atomic E-state index is 0.742. The lowest BCUT2D eigenvalue weighted by Gasteiger charge is -2.10. The molecule has 0 aromatic heterocycles. The van der Waals surface area contributed by atoms with E-state index in [1.165, 1.54) is 19.5 Å².